The highest BCUT2D eigenvalue weighted by molar-refractivity contribution is 6.31. The van der Waals surface area contributed by atoms with E-state index in [1.54, 1.807) is 24.3 Å². The lowest BCUT2D eigenvalue weighted by molar-refractivity contribution is 0.111. The lowest BCUT2D eigenvalue weighted by Crippen LogP contribution is -1.98. The number of ether oxygens (including phenoxy) is 1. The molecule has 0 N–H and O–H groups in total. The van der Waals surface area contributed by atoms with Crippen LogP contribution in [-0.2, 0) is 6.61 Å². The molecule has 0 aromatic heterocycles. The molecule has 92 valence electrons. The first-order valence-electron chi connectivity index (χ1n) is 5.31. The number of aldehydes is 1. The predicted octanol–water partition coefficient (Wildman–Crippen LogP) is 4.38. The fourth-order valence-corrected chi connectivity index (χ4v) is 1.92. The summed E-state index contributed by atoms with van der Waals surface area (Å²) in [6.45, 7) is 0.350. The van der Waals surface area contributed by atoms with Crippen molar-refractivity contribution in [2.75, 3.05) is 0 Å². The molecule has 0 aliphatic carbocycles. The first kappa shape index (κ1) is 12.9. The maximum absolute atomic E-state index is 10.9. The zero-order valence-electron chi connectivity index (χ0n) is 9.40. The molecule has 0 saturated carbocycles. The number of hydrogen-bond donors (Lipinski definition) is 0. The van der Waals surface area contributed by atoms with Crippen LogP contribution in [0.2, 0.25) is 10.0 Å². The lowest BCUT2D eigenvalue weighted by Gasteiger charge is -2.08. The van der Waals surface area contributed by atoms with Crippen LogP contribution in [0.15, 0.2) is 42.5 Å². The van der Waals surface area contributed by atoms with Crippen molar-refractivity contribution in [1.82, 2.24) is 0 Å². The van der Waals surface area contributed by atoms with E-state index in [2.05, 4.69) is 0 Å². The predicted molar refractivity (Wildman–Crippen MR) is 72.6 cm³/mol. The Hall–Kier alpha value is -1.51. The van der Waals surface area contributed by atoms with Gasteiger partial charge >= 0.3 is 0 Å². The van der Waals surface area contributed by atoms with Crippen LogP contribution >= 0.6 is 23.2 Å². The molecule has 2 aromatic rings. The summed E-state index contributed by atoms with van der Waals surface area (Å²) in [7, 11) is 0. The lowest BCUT2D eigenvalue weighted by atomic mass is 10.2. The van der Waals surface area contributed by atoms with Crippen molar-refractivity contribution in [3.05, 3.63) is 63.6 Å². The molecule has 0 radical (unpaired) electrons. The van der Waals surface area contributed by atoms with Gasteiger partial charge in [-0.2, -0.15) is 0 Å². The normalized spacial score (nSPS) is 10.1. The van der Waals surface area contributed by atoms with Crippen LogP contribution in [0.25, 0.3) is 0 Å². The molecule has 0 amide bonds. The van der Waals surface area contributed by atoms with Crippen LogP contribution in [0, 0.1) is 0 Å². The topological polar surface area (TPSA) is 26.3 Å². The van der Waals surface area contributed by atoms with Crippen LogP contribution in [0.5, 0.6) is 5.75 Å². The van der Waals surface area contributed by atoms with E-state index in [4.69, 9.17) is 27.9 Å². The van der Waals surface area contributed by atoms with Crippen LogP contribution in [0.4, 0.5) is 0 Å². The first-order valence-corrected chi connectivity index (χ1v) is 6.06. The van der Waals surface area contributed by atoms with Gasteiger partial charge in [0.15, 0.2) is 6.29 Å². The highest BCUT2D eigenvalue weighted by Crippen LogP contribution is 2.22. The van der Waals surface area contributed by atoms with E-state index in [9.17, 15) is 4.79 Å². The van der Waals surface area contributed by atoms with Crippen molar-refractivity contribution in [1.29, 1.82) is 0 Å². The number of carbonyl (C=O) groups is 1. The molecule has 18 heavy (non-hydrogen) atoms. The van der Waals surface area contributed by atoms with E-state index < -0.39 is 0 Å². The van der Waals surface area contributed by atoms with Gasteiger partial charge in [-0.25, -0.2) is 0 Å². The molecule has 0 aliphatic heterocycles. The maximum atomic E-state index is 10.9. The van der Waals surface area contributed by atoms with Gasteiger partial charge in [0.1, 0.15) is 12.4 Å². The Morgan fingerprint density at radius 1 is 1.06 bits per heavy atom. The van der Waals surface area contributed by atoms with Gasteiger partial charge in [-0.15, -0.1) is 0 Å². The zero-order valence-corrected chi connectivity index (χ0v) is 10.9. The smallest absolute Gasteiger partial charge is 0.153 e. The second-order valence-electron chi connectivity index (χ2n) is 3.72. The average Bonchev–Trinajstić information content (AvgIpc) is 2.37. The Morgan fingerprint density at radius 3 is 2.56 bits per heavy atom. The monoisotopic (exact) mass is 280 g/mol. The average molecular weight is 281 g/mol. The van der Waals surface area contributed by atoms with Gasteiger partial charge in [-0.3, -0.25) is 4.79 Å². The highest BCUT2D eigenvalue weighted by Gasteiger charge is 2.04. The summed E-state index contributed by atoms with van der Waals surface area (Å²) in [6, 6.07) is 12.3. The van der Waals surface area contributed by atoms with Crippen LogP contribution < -0.4 is 4.74 Å². The number of rotatable bonds is 4. The van der Waals surface area contributed by atoms with Crippen molar-refractivity contribution >= 4 is 29.5 Å². The van der Waals surface area contributed by atoms with Crippen molar-refractivity contribution in [2.45, 2.75) is 6.61 Å². The number of carbonyl (C=O) groups excluding carboxylic acids is 1. The van der Waals surface area contributed by atoms with E-state index in [-0.39, 0.29) is 0 Å². The zero-order chi connectivity index (χ0) is 13.0. The largest absolute Gasteiger partial charge is 0.488 e. The fraction of sp³-hybridized carbons (Fsp3) is 0.0714. The SMILES string of the molecule is O=Cc1cc(Cl)ccc1OCc1cccc(Cl)c1. The van der Waals surface area contributed by atoms with Crippen molar-refractivity contribution in [3.63, 3.8) is 0 Å². The van der Waals surface area contributed by atoms with Crippen molar-refractivity contribution in [2.24, 2.45) is 0 Å². The quantitative estimate of drug-likeness (QED) is 0.777. The van der Waals surface area contributed by atoms with Gasteiger partial charge in [0.25, 0.3) is 0 Å². The minimum absolute atomic E-state index is 0.350. The summed E-state index contributed by atoms with van der Waals surface area (Å²) in [6.07, 6.45) is 0.721. The molecule has 0 saturated heterocycles. The third kappa shape index (κ3) is 3.25. The van der Waals surface area contributed by atoms with E-state index in [1.165, 1.54) is 0 Å². The molecule has 0 spiro atoms. The van der Waals surface area contributed by atoms with E-state index in [0.29, 0.717) is 28.0 Å². The maximum Gasteiger partial charge on any atom is 0.153 e. The summed E-state index contributed by atoms with van der Waals surface area (Å²) in [5, 5.41) is 1.16. The minimum atomic E-state index is 0.350. The van der Waals surface area contributed by atoms with Crippen LogP contribution in [0.1, 0.15) is 15.9 Å². The summed E-state index contributed by atoms with van der Waals surface area (Å²) >= 11 is 11.7. The molecule has 2 rings (SSSR count). The molecule has 0 unspecified atom stereocenters. The van der Waals surface area contributed by atoms with Gasteiger partial charge in [-0.1, -0.05) is 35.3 Å². The Morgan fingerprint density at radius 2 is 1.83 bits per heavy atom. The van der Waals surface area contributed by atoms with Crippen molar-refractivity contribution < 1.29 is 9.53 Å². The summed E-state index contributed by atoms with van der Waals surface area (Å²) in [5.74, 6) is 0.509. The number of benzene rings is 2. The third-order valence-corrected chi connectivity index (χ3v) is 2.85. The van der Waals surface area contributed by atoms with Gasteiger partial charge in [0, 0.05) is 10.0 Å². The van der Waals surface area contributed by atoms with E-state index in [0.717, 1.165) is 11.8 Å². The highest BCUT2D eigenvalue weighted by atomic mass is 35.5. The van der Waals surface area contributed by atoms with E-state index in [1.807, 2.05) is 18.2 Å². The van der Waals surface area contributed by atoms with E-state index >= 15 is 0 Å². The molecule has 2 aromatic carbocycles. The Labute approximate surface area is 115 Å². The second-order valence-corrected chi connectivity index (χ2v) is 4.59. The van der Waals surface area contributed by atoms with Crippen LogP contribution in [-0.4, -0.2) is 6.29 Å². The molecule has 0 atom stereocenters. The second kappa shape index (κ2) is 5.89. The summed E-state index contributed by atoms with van der Waals surface area (Å²) < 4.78 is 5.58. The van der Waals surface area contributed by atoms with Crippen LogP contribution in [0.3, 0.4) is 0 Å². The molecule has 2 nitrogen and oxygen atoms in total. The molecular weight excluding hydrogens is 271 g/mol. The first-order chi connectivity index (χ1) is 8.69. The van der Waals surface area contributed by atoms with Crippen molar-refractivity contribution in [3.8, 4) is 5.75 Å². The molecule has 4 heteroatoms. The standard InChI is InChI=1S/C14H10Cl2O2/c15-12-3-1-2-10(6-12)9-18-14-5-4-13(16)7-11(14)8-17/h1-8H,9H2. The number of halogens is 2. The van der Waals surface area contributed by atoms with Gasteiger partial charge in [0.05, 0.1) is 5.56 Å². The Kier molecular flexibility index (Phi) is 4.24. The fourth-order valence-electron chi connectivity index (χ4n) is 1.53. The van der Waals surface area contributed by atoms with Gasteiger partial charge in [-0.05, 0) is 35.9 Å². The van der Waals surface area contributed by atoms with Gasteiger partial charge in [0.2, 0.25) is 0 Å². The molecule has 0 aliphatic rings. The van der Waals surface area contributed by atoms with Gasteiger partial charge < -0.3 is 4.74 Å². The molecule has 0 bridgehead atoms. The molecular formula is C14H10Cl2O2. The Balaban J connectivity index is 2.13. The number of hydrogen-bond acceptors (Lipinski definition) is 2. The summed E-state index contributed by atoms with van der Waals surface area (Å²) in [5.41, 5.74) is 1.37. The third-order valence-electron chi connectivity index (χ3n) is 2.38. The molecule has 0 heterocycles. The Bertz CT molecular complexity index is 567. The molecule has 0 fully saturated rings. The minimum Gasteiger partial charge on any atom is -0.488 e. The summed E-state index contributed by atoms with van der Waals surface area (Å²) in [4.78, 5) is 10.9.